The Hall–Kier alpha value is -1.28. The monoisotopic (exact) mass is 428 g/mol. The topological polar surface area (TPSA) is 72.8 Å². The normalized spacial score (nSPS) is 11.9. The van der Waals surface area contributed by atoms with Crippen molar-refractivity contribution in [3.8, 4) is 0 Å². The van der Waals surface area contributed by atoms with Crippen molar-refractivity contribution in [1.29, 1.82) is 0 Å². The summed E-state index contributed by atoms with van der Waals surface area (Å²) in [6.45, 7) is 4.10. The molecule has 0 amide bonds. The minimum Gasteiger partial charge on any atom is -0.364 e. The highest BCUT2D eigenvalue weighted by atomic mass is 32.1. The maximum absolute atomic E-state index is 4.99. The molecule has 0 bridgehead atoms. The number of hydrogen-bond donors (Lipinski definition) is 4. The first-order chi connectivity index (χ1) is 13.5. The molecule has 0 unspecified atom stereocenters. The Bertz CT molecular complexity index is 447. The van der Waals surface area contributed by atoms with E-state index in [1.165, 1.54) is 64.2 Å². The number of thiocarbonyl (C=S) groups is 2. The van der Waals surface area contributed by atoms with Gasteiger partial charge in [-0.3, -0.25) is 10.9 Å². The predicted octanol–water partition coefficient (Wildman–Crippen LogP) is 4.61. The highest BCUT2D eigenvalue weighted by Crippen LogP contribution is 2.12. The number of hydrogen-bond acceptors (Lipinski definition) is 4. The SMILES string of the molecule is CNC(=S)NN=C(C)CCCCCCCCCCCCC(C)=NNC(=S)NC. The van der Waals surface area contributed by atoms with Gasteiger partial charge in [-0.1, -0.05) is 51.4 Å². The highest BCUT2D eigenvalue weighted by molar-refractivity contribution is 7.80. The lowest BCUT2D eigenvalue weighted by molar-refractivity contribution is 0.556. The maximum atomic E-state index is 4.99. The van der Waals surface area contributed by atoms with Gasteiger partial charge in [0, 0.05) is 25.5 Å². The number of nitrogens with one attached hydrogen (secondary N) is 4. The van der Waals surface area contributed by atoms with Crippen LogP contribution in [0.4, 0.5) is 0 Å². The average Bonchev–Trinajstić information content (AvgIpc) is 2.70. The van der Waals surface area contributed by atoms with Crippen molar-refractivity contribution >= 4 is 46.1 Å². The Morgan fingerprint density at radius 3 is 1.14 bits per heavy atom. The molecule has 0 fully saturated rings. The van der Waals surface area contributed by atoms with Gasteiger partial charge in [-0.2, -0.15) is 10.2 Å². The van der Waals surface area contributed by atoms with E-state index in [2.05, 4.69) is 31.7 Å². The Morgan fingerprint density at radius 1 is 0.571 bits per heavy atom. The van der Waals surface area contributed by atoms with Crippen molar-refractivity contribution in [3.05, 3.63) is 0 Å². The molecule has 162 valence electrons. The molecule has 6 nitrogen and oxygen atoms in total. The molecule has 8 heteroatoms. The van der Waals surface area contributed by atoms with Crippen molar-refractivity contribution in [2.75, 3.05) is 14.1 Å². The zero-order valence-electron chi connectivity index (χ0n) is 18.2. The van der Waals surface area contributed by atoms with Crippen LogP contribution < -0.4 is 21.5 Å². The van der Waals surface area contributed by atoms with Crippen LogP contribution in [-0.4, -0.2) is 35.7 Å². The van der Waals surface area contributed by atoms with Crippen LogP contribution in [0.1, 0.15) is 90.9 Å². The van der Waals surface area contributed by atoms with Crippen molar-refractivity contribution in [2.24, 2.45) is 10.2 Å². The Morgan fingerprint density at radius 2 is 0.857 bits per heavy atom. The summed E-state index contributed by atoms with van der Waals surface area (Å²) < 4.78 is 0. The first-order valence-electron chi connectivity index (χ1n) is 10.5. The molecule has 0 radical (unpaired) electrons. The molecular weight excluding hydrogens is 388 g/mol. The van der Waals surface area contributed by atoms with E-state index >= 15 is 0 Å². The molecule has 0 saturated carbocycles. The van der Waals surface area contributed by atoms with E-state index in [0.717, 1.165) is 24.3 Å². The zero-order valence-corrected chi connectivity index (χ0v) is 19.8. The van der Waals surface area contributed by atoms with Crippen LogP contribution in [0.3, 0.4) is 0 Å². The third-order valence-corrected chi connectivity index (χ3v) is 5.07. The molecule has 0 heterocycles. The van der Waals surface area contributed by atoms with E-state index in [9.17, 15) is 0 Å². The molecule has 0 aromatic carbocycles. The lowest BCUT2D eigenvalue weighted by Gasteiger charge is -2.05. The molecule has 0 aliphatic rings. The lowest BCUT2D eigenvalue weighted by Crippen LogP contribution is -2.29. The summed E-state index contributed by atoms with van der Waals surface area (Å²) in [4.78, 5) is 0. The van der Waals surface area contributed by atoms with Crippen LogP contribution in [0, 0.1) is 0 Å². The minimum atomic E-state index is 0.564. The number of unbranched alkanes of at least 4 members (excludes halogenated alkanes) is 9. The van der Waals surface area contributed by atoms with Crippen molar-refractivity contribution in [2.45, 2.75) is 90.9 Å². The van der Waals surface area contributed by atoms with Crippen molar-refractivity contribution in [1.82, 2.24) is 21.5 Å². The van der Waals surface area contributed by atoms with E-state index in [4.69, 9.17) is 24.4 Å². The fourth-order valence-electron chi connectivity index (χ4n) is 2.69. The molecule has 0 aromatic rings. The Balaban J connectivity index is 3.40. The zero-order chi connectivity index (χ0) is 21.0. The summed E-state index contributed by atoms with van der Waals surface area (Å²) in [7, 11) is 3.58. The average molecular weight is 429 g/mol. The van der Waals surface area contributed by atoms with Crippen LogP contribution in [0.2, 0.25) is 0 Å². The van der Waals surface area contributed by atoms with E-state index in [1.807, 2.05) is 13.8 Å². The van der Waals surface area contributed by atoms with Crippen LogP contribution in [-0.2, 0) is 0 Å². The molecule has 0 spiro atoms. The van der Waals surface area contributed by atoms with Crippen LogP contribution in [0.5, 0.6) is 0 Å². The number of rotatable bonds is 15. The van der Waals surface area contributed by atoms with E-state index in [-0.39, 0.29) is 0 Å². The van der Waals surface area contributed by atoms with Gasteiger partial charge < -0.3 is 10.6 Å². The summed E-state index contributed by atoms with van der Waals surface area (Å²) in [5.41, 5.74) is 7.88. The Kier molecular flexibility index (Phi) is 18.2. The van der Waals surface area contributed by atoms with E-state index in [1.54, 1.807) is 14.1 Å². The van der Waals surface area contributed by atoms with Gasteiger partial charge in [-0.25, -0.2) is 0 Å². The first kappa shape index (κ1) is 26.7. The molecule has 0 aliphatic heterocycles. The molecule has 28 heavy (non-hydrogen) atoms. The van der Waals surface area contributed by atoms with E-state index < -0.39 is 0 Å². The number of hydrazone groups is 2. The third-order valence-electron chi connectivity index (χ3n) is 4.48. The van der Waals surface area contributed by atoms with E-state index in [0.29, 0.717) is 10.2 Å². The summed E-state index contributed by atoms with van der Waals surface area (Å²) in [5, 5.41) is 15.3. The third kappa shape index (κ3) is 18.1. The highest BCUT2D eigenvalue weighted by Gasteiger charge is 1.97. The molecule has 0 saturated heterocycles. The van der Waals surface area contributed by atoms with Crippen LogP contribution >= 0.6 is 24.4 Å². The standard InChI is InChI=1S/C20H40N6S2/c1-17(23-25-19(27)21-3)15-13-11-9-7-5-6-8-10-12-14-16-18(2)24-26-20(28)22-4/h5-16H2,1-4H3,(H2,21,25,27)(H2,22,26,28). The second kappa shape index (κ2) is 19.1. The number of nitrogens with zero attached hydrogens (tertiary/aromatic N) is 2. The van der Waals surface area contributed by atoms with Gasteiger partial charge in [-0.15, -0.1) is 0 Å². The fourth-order valence-corrected chi connectivity index (χ4v) is 2.78. The first-order valence-corrected chi connectivity index (χ1v) is 11.3. The smallest absolute Gasteiger partial charge is 0.186 e. The van der Waals surface area contributed by atoms with Gasteiger partial charge in [0.1, 0.15) is 0 Å². The minimum absolute atomic E-state index is 0.564. The maximum Gasteiger partial charge on any atom is 0.186 e. The van der Waals surface area contributed by atoms with Gasteiger partial charge in [0.25, 0.3) is 0 Å². The van der Waals surface area contributed by atoms with Crippen LogP contribution in [0.25, 0.3) is 0 Å². The van der Waals surface area contributed by atoms with Gasteiger partial charge in [0.2, 0.25) is 0 Å². The molecule has 0 aromatic heterocycles. The quantitative estimate of drug-likeness (QED) is 0.132. The second-order valence-corrected chi connectivity index (χ2v) is 7.93. The molecule has 0 aliphatic carbocycles. The summed E-state index contributed by atoms with van der Waals surface area (Å²) in [6.07, 6.45) is 15.1. The largest absolute Gasteiger partial charge is 0.364 e. The summed E-state index contributed by atoms with van der Waals surface area (Å²) in [5.74, 6) is 0. The summed E-state index contributed by atoms with van der Waals surface area (Å²) >= 11 is 9.99. The van der Waals surface area contributed by atoms with Gasteiger partial charge in [-0.05, 0) is 64.0 Å². The fraction of sp³-hybridized carbons (Fsp3) is 0.800. The predicted molar refractivity (Wildman–Crippen MR) is 131 cm³/mol. The lowest BCUT2D eigenvalue weighted by atomic mass is 10.0. The van der Waals surface area contributed by atoms with Crippen molar-refractivity contribution in [3.63, 3.8) is 0 Å². The van der Waals surface area contributed by atoms with Crippen molar-refractivity contribution < 1.29 is 0 Å². The second-order valence-electron chi connectivity index (χ2n) is 7.11. The van der Waals surface area contributed by atoms with Gasteiger partial charge in [0.15, 0.2) is 10.2 Å². The molecule has 4 N–H and O–H groups in total. The summed E-state index contributed by atoms with van der Waals surface area (Å²) in [6, 6.07) is 0. The molecule has 0 atom stereocenters. The van der Waals surface area contributed by atoms with Gasteiger partial charge >= 0.3 is 0 Å². The Labute approximate surface area is 182 Å². The molecular formula is C20H40N6S2. The van der Waals surface area contributed by atoms with Gasteiger partial charge in [0.05, 0.1) is 0 Å². The molecule has 0 rings (SSSR count). The van der Waals surface area contributed by atoms with Crippen LogP contribution in [0.15, 0.2) is 10.2 Å².